The lowest BCUT2D eigenvalue weighted by molar-refractivity contribution is 1.14. The molecule has 0 aromatic carbocycles. The smallest absolute Gasteiger partial charge is 0.0292 e. The van der Waals surface area contributed by atoms with Crippen LogP contribution in [0.3, 0.4) is 0 Å². The van der Waals surface area contributed by atoms with Gasteiger partial charge >= 0.3 is 0 Å². The van der Waals surface area contributed by atoms with Crippen molar-refractivity contribution in [3.8, 4) is 0 Å². The molecule has 0 spiro atoms. The fraction of sp³-hybridized carbons (Fsp3) is 0.375. The van der Waals surface area contributed by atoms with Crippen molar-refractivity contribution in [2.24, 2.45) is 4.99 Å². The van der Waals surface area contributed by atoms with E-state index in [2.05, 4.69) is 18.6 Å². The highest BCUT2D eigenvalue weighted by Crippen LogP contribution is 2.01. The molecule has 9 heavy (non-hydrogen) atoms. The van der Waals surface area contributed by atoms with Crippen LogP contribution in [0.15, 0.2) is 28.9 Å². The average molecular weight is 123 g/mol. The molecule has 1 heteroatoms. The van der Waals surface area contributed by atoms with Gasteiger partial charge in [-0.15, -0.1) is 0 Å². The number of hydrogen-bond donors (Lipinski definition) is 0. The van der Waals surface area contributed by atoms with Crippen molar-refractivity contribution >= 4 is 6.72 Å². The maximum Gasteiger partial charge on any atom is 0.0292 e. The van der Waals surface area contributed by atoms with Crippen LogP contribution < -0.4 is 0 Å². The highest BCUT2D eigenvalue weighted by atomic mass is 14.6. The molecule has 0 saturated carbocycles. The van der Waals surface area contributed by atoms with Gasteiger partial charge < -0.3 is 0 Å². The van der Waals surface area contributed by atoms with Crippen molar-refractivity contribution < 1.29 is 0 Å². The van der Waals surface area contributed by atoms with E-state index in [-0.39, 0.29) is 0 Å². The van der Waals surface area contributed by atoms with E-state index < -0.39 is 0 Å². The maximum absolute atomic E-state index is 3.66. The van der Waals surface area contributed by atoms with Crippen LogP contribution in [0.5, 0.6) is 0 Å². The summed E-state index contributed by atoms with van der Waals surface area (Å²) in [6, 6.07) is 0. The van der Waals surface area contributed by atoms with E-state index in [1.165, 1.54) is 5.57 Å². The van der Waals surface area contributed by atoms with Crippen LogP contribution in [-0.2, 0) is 0 Å². The third-order valence-corrected chi connectivity index (χ3v) is 1.05. The molecule has 1 nitrogen and oxygen atoms in total. The van der Waals surface area contributed by atoms with E-state index >= 15 is 0 Å². The van der Waals surface area contributed by atoms with E-state index in [9.17, 15) is 0 Å². The van der Waals surface area contributed by atoms with E-state index in [0.717, 1.165) is 6.42 Å². The van der Waals surface area contributed by atoms with E-state index in [1.54, 1.807) is 6.20 Å². The zero-order valence-electron chi connectivity index (χ0n) is 6.09. The third kappa shape index (κ3) is 3.71. The van der Waals surface area contributed by atoms with Gasteiger partial charge in [0, 0.05) is 6.20 Å². The number of rotatable bonds is 3. The van der Waals surface area contributed by atoms with Crippen molar-refractivity contribution in [3.63, 3.8) is 0 Å². The van der Waals surface area contributed by atoms with E-state index in [0.29, 0.717) is 0 Å². The lowest BCUT2D eigenvalue weighted by atomic mass is 10.2. The summed E-state index contributed by atoms with van der Waals surface area (Å²) in [6.07, 6.45) is 6.83. The minimum absolute atomic E-state index is 1.02. The molecule has 0 aromatic rings. The standard InChI is InChI=1S/C8H13N/c1-4-6-8(5-2)7-9-3/h4,6-7H,3,5H2,1-2H3/b6-4-,8-7+. The Bertz CT molecular complexity index is 132. The van der Waals surface area contributed by atoms with Crippen LogP contribution in [0.25, 0.3) is 0 Å². The first-order valence-corrected chi connectivity index (χ1v) is 3.12. The zero-order valence-corrected chi connectivity index (χ0v) is 6.09. The van der Waals surface area contributed by atoms with Crippen molar-refractivity contribution in [1.29, 1.82) is 0 Å². The second-order valence-electron chi connectivity index (χ2n) is 1.74. The summed E-state index contributed by atoms with van der Waals surface area (Å²) < 4.78 is 0. The Morgan fingerprint density at radius 2 is 2.33 bits per heavy atom. The topological polar surface area (TPSA) is 12.4 Å². The van der Waals surface area contributed by atoms with Gasteiger partial charge in [0.05, 0.1) is 0 Å². The molecule has 0 radical (unpaired) electrons. The quantitative estimate of drug-likeness (QED) is 0.404. The molecule has 0 unspecified atom stereocenters. The Labute approximate surface area is 56.8 Å². The van der Waals surface area contributed by atoms with E-state index in [1.807, 2.05) is 19.1 Å². The normalized spacial score (nSPS) is 12.4. The van der Waals surface area contributed by atoms with Gasteiger partial charge in [0.2, 0.25) is 0 Å². The van der Waals surface area contributed by atoms with Gasteiger partial charge in [-0.2, -0.15) is 0 Å². The van der Waals surface area contributed by atoms with Gasteiger partial charge in [-0.3, -0.25) is 4.99 Å². The number of nitrogens with zero attached hydrogens (tertiary/aromatic N) is 1. The van der Waals surface area contributed by atoms with Gasteiger partial charge in [0.1, 0.15) is 0 Å². The second-order valence-corrected chi connectivity index (χ2v) is 1.74. The minimum Gasteiger partial charge on any atom is -0.272 e. The van der Waals surface area contributed by atoms with Crippen LogP contribution in [0.2, 0.25) is 0 Å². The Morgan fingerprint density at radius 1 is 1.67 bits per heavy atom. The molecular formula is C8H13N. The Balaban J connectivity index is 3.96. The summed E-state index contributed by atoms with van der Waals surface area (Å²) in [7, 11) is 0. The molecular weight excluding hydrogens is 110 g/mol. The molecule has 0 aliphatic heterocycles. The van der Waals surface area contributed by atoms with Crippen LogP contribution in [-0.4, -0.2) is 6.72 Å². The average Bonchev–Trinajstić information content (AvgIpc) is 1.88. The predicted molar refractivity (Wildman–Crippen MR) is 42.7 cm³/mol. The van der Waals surface area contributed by atoms with Gasteiger partial charge in [0.25, 0.3) is 0 Å². The lowest BCUT2D eigenvalue weighted by Crippen LogP contribution is -1.70. The minimum atomic E-state index is 1.02. The number of allylic oxidation sites excluding steroid dienone is 3. The maximum atomic E-state index is 3.66. The van der Waals surface area contributed by atoms with Crippen LogP contribution in [0.1, 0.15) is 20.3 Å². The summed E-state index contributed by atoms with van der Waals surface area (Å²) in [4.78, 5) is 3.66. The molecule has 0 amide bonds. The fourth-order valence-electron chi connectivity index (χ4n) is 0.584. The summed E-state index contributed by atoms with van der Waals surface area (Å²) in [5, 5.41) is 0. The molecule has 0 N–H and O–H groups in total. The lowest BCUT2D eigenvalue weighted by Gasteiger charge is -1.90. The molecule has 0 aliphatic rings. The molecule has 0 atom stereocenters. The van der Waals surface area contributed by atoms with E-state index in [4.69, 9.17) is 0 Å². The molecule has 0 aliphatic carbocycles. The summed E-state index contributed by atoms with van der Waals surface area (Å²) >= 11 is 0. The molecule has 0 fully saturated rings. The summed E-state index contributed by atoms with van der Waals surface area (Å²) in [6.45, 7) is 7.46. The fourth-order valence-corrected chi connectivity index (χ4v) is 0.584. The summed E-state index contributed by atoms with van der Waals surface area (Å²) in [5.41, 5.74) is 1.22. The van der Waals surface area contributed by atoms with Crippen molar-refractivity contribution in [2.45, 2.75) is 20.3 Å². The van der Waals surface area contributed by atoms with Crippen LogP contribution in [0.4, 0.5) is 0 Å². The van der Waals surface area contributed by atoms with Gasteiger partial charge in [-0.05, 0) is 25.6 Å². The van der Waals surface area contributed by atoms with Crippen molar-refractivity contribution in [3.05, 3.63) is 23.9 Å². The molecule has 0 heterocycles. The second kappa shape index (κ2) is 5.29. The Kier molecular flexibility index (Phi) is 4.79. The van der Waals surface area contributed by atoms with Crippen LogP contribution >= 0.6 is 0 Å². The molecule has 0 aromatic heterocycles. The first kappa shape index (κ1) is 8.15. The van der Waals surface area contributed by atoms with Crippen molar-refractivity contribution in [2.75, 3.05) is 0 Å². The first-order chi connectivity index (χ1) is 4.35. The van der Waals surface area contributed by atoms with Gasteiger partial charge in [0.15, 0.2) is 0 Å². The zero-order chi connectivity index (χ0) is 7.11. The summed E-state index contributed by atoms with van der Waals surface area (Å²) in [5.74, 6) is 0. The predicted octanol–water partition coefficient (Wildman–Crippen LogP) is 2.56. The van der Waals surface area contributed by atoms with Crippen LogP contribution in [0, 0.1) is 0 Å². The highest BCUT2D eigenvalue weighted by molar-refractivity contribution is 5.28. The number of hydrogen-bond acceptors (Lipinski definition) is 1. The van der Waals surface area contributed by atoms with Gasteiger partial charge in [-0.25, -0.2) is 0 Å². The molecule has 0 rings (SSSR count). The highest BCUT2D eigenvalue weighted by Gasteiger charge is 1.81. The monoisotopic (exact) mass is 123 g/mol. The Morgan fingerprint density at radius 3 is 2.67 bits per heavy atom. The Hall–Kier alpha value is -0.850. The largest absolute Gasteiger partial charge is 0.272 e. The van der Waals surface area contributed by atoms with Gasteiger partial charge in [-0.1, -0.05) is 19.1 Å². The van der Waals surface area contributed by atoms with Crippen molar-refractivity contribution in [1.82, 2.24) is 0 Å². The SMILES string of the molecule is C=N/C=C(/C=C\C)CC. The molecule has 0 saturated heterocycles. The number of aliphatic imine (C=N–C) groups is 1. The third-order valence-electron chi connectivity index (χ3n) is 1.05. The molecule has 50 valence electrons. The first-order valence-electron chi connectivity index (χ1n) is 3.12. The molecule has 0 bridgehead atoms.